The molecule has 1 aromatic carbocycles. The van der Waals surface area contributed by atoms with E-state index in [0.717, 1.165) is 5.56 Å². The minimum absolute atomic E-state index is 0.175. The number of aryl methyl sites for hydroxylation is 1. The Labute approximate surface area is 95.1 Å². The maximum absolute atomic E-state index is 11.7. The molecule has 0 spiro atoms. The molecule has 1 rings (SSSR count). The Morgan fingerprint density at radius 2 is 2.00 bits per heavy atom. The summed E-state index contributed by atoms with van der Waals surface area (Å²) in [5, 5.41) is 9.47. The normalized spacial score (nSPS) is 11.9. The highest BCUT2D eigenvalue weighted by Crippen LogP contribution is 2.24. The van der Waals surface area contributed by atoms with Crippen LogP contribution >= 0.6 is 0 Å². The van der Waals surface area contributed by atoms with Crippen molar-refractivity contribution >= 4 is 16.4 Å². The minimum Gasteiger partial charge on any atom is -0.507 e. The summed E-state index contributed by atoms with van der Waals surface area (Å²) < 4.78 is 26.9. The van der Waals surface area contributed by atoms with E-state index < -0.39 is 10.0 Å². The zero-order valence-electron chi connectivity index (χ0n) is 9.38. The van der Waals surface area contributed by atoms with Crippen LogP contribution < -0.4 is 0 Å². The van der Waals surface area contributed by atoms with Gasteiger partial charge in [-0.25, -0.2) is 0 Å². The van der Waals surface area contributed by atoms with E-state index in [2.05, 4.69) is 4.40 Å². The molecule has 0 aromatic heterocycles. The third-order valence-corrected chi connectivity index (χ3v) is 3.06. The number of benzene rings is 1. The first kappa shape index (κ1) is 12.5. The van der Waals surface area contributed by atoms with Gasteiger partial charge in [0.15, 0.2) is 0 Å². The van der Waals surface area contributed by atoms with Crippen LogP contribution in [0.3, 0.4) is 0 Å². The molecular weight excluding hydrogens is 228 g/mol. The number of phenols is 1. The van der Waals surface area contributed by atoms with Crippen molar-refractivity contribution in [1.29, 1.82) is 0 Å². The number of hydrogen-bond acceptors (Lipinski definition) is 3. The molecule has 0 aliphatic carbocycles. The summed E-state index contributed by atoms with van der Waals surface area (Å²) in [6.07, 6.45) is 1.18. The molecule has 5 nitrogen and oxygen atoms in total. The fourth-order valence-corrected chi connectivity index (χ4v) is 2.13. The zero-order valence-corrected chi connectivity index (χ0v) is 10.2. The van der Waals surface area contributed by atoms with E-state index in [-0.39, 0.29) is 10.6 Å². The molecule has 0 aliphatic heterocycles. The maximum Gasteiger partial charge on any atom is 0.287 e. The molecule has 16 heavy (non-hydrogen) atoms. The van der Waals surface area contributed by atoms with Crippen LogP contribution in [0, 0.1) is 6.92 Å². The van der Waals surface area contributed by atoms with Gasteiger partial charge in [0.2, 0.25) is 0 Å². The van der Waals surface area contributed by atoms with Crippen LogP contribution in [0.4, 0.5) is 0 Å². The third-order valence-electron chi connectivity index (χ3n) is 1.81. The van der Waals surface area contributed by atoms with E-state index in [1.165, 1.54) is 23.4 Å². The summed E-state index contributed by atoms with van der Waals surface area (Å²) in [5.41, 5.74) is 0.747. The standard InChI is InChI=1S/C10H14N2O3S/c1-8-4-5-9(13)10(6-8)16(14,15)11-7-12(2)3/h4-7,13H,1-3H3/b11-7+. The SMILES string of the molecule is Cc1ccc(O)c(S(=O)(=O)/N=C/N(C)C)c1. The van der Waals surface area contributed by atoms with Gasteiger partial charge < -0.3 is 10.0 Å². The Kier molecular flexibility index (Phi) is 3.54. The van der Waals surface area contributed by atoms with Gasteiger partial charge in [0.1, 0.15) is 17.0 Å². The van der Waals surface area contributed by atoms with E-state index in [9.17, 15) is 13.5 Å². The molecule has 0 amide bonds. The summed E-state index contributed by atoms with van der Waals surface area (Å²) in [6, 6.07) is 4.36. The monoisotopic (exact) mass is 242 g/mol. The predicted molar refractivity (Wildman–Crippen MR) is 62.2 cm³/mol. The average Bonchev–Trinajstić information content (AvgIpc) is 2.19. The Bertz CT molecular complexity index is 507. The topological polar surface area (TPSA) is 70.0 Å². The number of aromatic hydroxyl groups is 1. The van der Waals surface area contributed by atoms with Crippen molar-refractivity contribution < 1.29 is 13.5 Å². The van der Waals surface area contributed by atoms with Gasteiger partial charge in [0.25, 0.3) is 10.0 Å². The lowest BCUT2D eigenvalue weighted by Gasteiger charge is -2.05. The van der Waals surface area contributed by atoms with E-state index in [1.54, 1.807) is 27.1 Å². The van der Waals surface area contributed by atoms with Crippen LogP contribution in [0.5, 0.6) is 5.75 Å². The molecule has 0 heterocycles. The molecule has 1 N–H and O–H groups in total. The highest BCUT2D eigenvalue weighted by atomic mass is 32.2. The summed E-state index contributed by atoms with van der Waals surface area (Å²) >= 11 is 0. The van der Waals surface area contributed by atoms with Gasteiger partial charge in [-0.3, -0.25) is 0 Å². The van der Waals surface area contributed by atoms with Crippen LogP contribution in [-0.4, -0.2) is 38.9 Å². The van der Waals surface area contributed by atoms with Crippen LogP contribution in [0.2, 0.25) is 0 Å². The van der Waals surface area contributed by atoms with Gasteiger partial charge in [0, 0.05) is 14.1 Å². The molecule has 6 heteroatoms. The fraction of sp³-hybridized carbons (Fsp3) is 0.300. The second-order valence-electron chi connectivity index (χ2n) is 3.63. The quantitative estimate of drug-likeness (QED) is 0.633. The Hall–Kier alpha value is -1.56. The first-order chi connectivity index (χ1) is 7.33. The lowest BCUT2D eigenvalue weighted by molar-refractivity contribution is 0.458. The van der Waals surface area contributed by atoms with Gasteiger partial charge in [-0.1, -0.05) is 6.07 Å². The summed E-state index contributed by atoms with van der Waals surface area (Å²) in [6.45, 7) is 1.74. The van der Waals surface area contributed by atoms with Crippen molar-refractivity contribution in [3.8, 4) is 5.75 Å². The molecular formula is C10H14N2O3S. The highest BCUT2D eigenvalue weighted by molar-refractivity contribution is 7.90. The Balaban J connectivity index is 3.22. The van der Waals surface area contributed by atoms with Crippen LogP contribution in [0.1, 0.15) is 5.56 Å². The van der Waals surface area contributed by atoms with E-state index in [4.69, 9.17) is 0 Å². The Morgan fingerprint density at radius 1 is 1.38 bits per heavy atom. The van der Waals surface area contributed by atoms with Gasteiger partial charge in [0.05, 0.1) is 0 Å². The van der Waals surface area contributed by atoms with Crippen molar-refractivity contribution in [2.45, 2.75) is 11.8 Å². The fourth-order valence-electron chi connectivity index (χ4n) is 1.04. The lowest BCUT2D eigenvalue weighted by atomic mass is 10.2. The van der Waals surface area contributed by atoms with Crippen LogP contribution in [0.15, 0.2) is 27.5 Å². The molecule has 0 saturated heterocycles. The van der Waals surface area contributed by atoms with Crippen LogP contribution in [-0.2, 0) is 10.0 Å². The lowest BCUT2D eigenvalue weighted by Crippen LogP contribution is -2.10. The second-order valence-corrected chi connectivity index (χ2v) is 5.23. The largest absolute Gasteiger partial charge is 0.507 e. The highest BCUT2D eigenvalue weighted by Gasteiger charge is 2.17. The van der Waals surface area contributed by atoms with Crippen molar-refractivity contribution in [3.63, 3.8) is 0 Å². The molecule has 0 fully saturated rings. The molecule has 1 aromatic rings. The second kappa shape index (κ2) is 4.52. The number of rotatable bonds is 3. The number of hydrogen-bond donors (Lipinski definition) is 1. The number of sulfonamides is 1. The molecule has 0 unspecified atom stereocenters. The molecule has 88 valence electrons. The molecule has 0 bridgehead atoms. The predicted octanol–water partition coefficient (Wildman–Crippen LogP) is 0.979. The van der Waals surface area contributed by atoms with Crippen molar-refractivity contribution in [3.05, 3.63) is 23.8 Å². The van der Waals surface area contributed by atoms with Gasteiger partial charge in [-0.05, 0) is 24.6 Å². The summed E-state index contributed by atoms with van der Waals surface area (Å²) in [7, 11) is -0.507. The van der Waals surface area contributed by atoms with E-state index in [1.807, 2.05) is 0 Å². The first-order valence-corrected chi connectivity index (χ1v) is 6.03. The van der Waals surface area contributed by atoms with Gasteiger partial charge in [-0.2, -0.15) is 8.42 Å². The zero-order chi connectivity index (χ0) is 12.3. The third kappa shape index (κ3) is 2.96. The minimum atomic E-state index is -3.83. The average molecular weight is 242 g/mol. The molecule has 0 aliphatic rings. The Morgan fingerprint density at radius 3 is 2.56 bits per heavy atom. The van der Waals surface area contributed by atoms with E-state index >= 15 is 0 Å². The molecule has 0 radical (unpaired) electrons. The van der Waals surface area contributed by atoms with Gasteiger partial charge >= 0.3 is 0 Å². The molecule has 0 saturated carbocycles. The van der Waals surface area contributed by atoms with Crippen molar-refractivity contribution in [2.24, 2.45) is 4.40 Å². The summed E-state index contributed by atoms with van der Waals surface area (Å²) in [5.74, 6) is -0.290. The van der Waals surface area contributed by atoms with Crippen molar-refractivity contribution in [2.75, 3.05) is 14.1 Å². The number of phenolic OH excluding ortho intramolecular Hbond substituents is 1. The van der Waals surface area contributed by atoms with E-state index in [0.29, 0.717) is 0 Å². The summed E-state index contributed by atoms with van der Waals surface area (Å²) in [4.78, 5) is 1.33. The van der Waals surface area contributed by atoms with Crippen molar-refractivity contribution in [1.82, 2.24) is 4.90 Å². The number of nitrogens with zero attached hydrogens (tertiary/aromatic N) is 2. The smallest absolute Gasteiger partial charge is 0.287 e. The first-order valence-electron chi connectivity index (χ1n) is 4.59. The van der Waals surface area contributed by atoms with Crippen LogP contribution in [0.25, 0.3) is 0 Å². The van der Waals surface area contributed by atoms with Gasteiger partial charge in [-0.15, -0.1) is 4.40 Å². The molecule has 0 atom stereocenters. The maximum atomic E-state index is 11.7.